The Morgan fingerprint density at radius 1 is 1.28 bits per heavy atom. The van der Waals surface area contributed by atoms with E-state index in [1.54, 1.807) is 7.11 Å². The summed E-state index contributed by atoms with van der Waals surface area (Å²) >= 11 is 0. The number of methoxy groups -OCH3 is 1. The number of carbonyl (C=O) groups excluding carboxylic acids is 1. The smallest absolute Gasteiger partial charge is 0.220 e. The predicted molar refractivity (Wildman–Crippen MR) is 75.4 cm³/mol. The van der Waals surface area contributed by atoms with Gasteiger partial charge in [-0.1, -0.05) is 13.8 Å². The molecule has 4 nitrogen and oxygen atoms in total. The molecule has 0 heterocycles. The van der Waals surface area contributed by atoms with Gasteiger partial charge >= 0.3 is 0 Å². The molecule has 0 saturated heterocycles. The van der Waals surface area contributed by atoms with Gasteiger partial charge in [0.25, 0.3) is 0 Å². The van der Waals surface area contributed by atoms with Crippen molar-refractivity contribution < 1.29 is 9.53 Å². The topological polar surface area (TPSA) is 64.3 Å². The first kappa shape index (κ1) is 17.4. The number of ether oxygens (including phenoxy) is 1. The third kappa shape index (κ3) is 10.5. The monoisotopic (exact) mass is 258 g/mol. The van der Waals surface area contributed by atoms with Crippen molar-refractivity contribution in [2.75, 3.05) is 26.8 Å². The summed E-state index contributed by atoms with van der Waals surface area (Å²) in [6, 6.07) is 0. The van der Waals surface area contributed by atoms with Crippen molar-refractivity contribution in [3.8, 4) is 0 Å². The minimum atomic E-state index is 0.137. The Labute approximate surface area is 112 Å². The van der Waals surface area contributed by atoms with Crippen LogP contribution in [0.25, 0.3) is 0 Å². The van der Waals surface area contributed by atoms with Crippen LogP contribution in [0.4, 0.5) is 0 Å². The maximum Gasteiger partial charge on any atom is 0.220 e. The van der Waals surface area contributed by atoms with Gasteiger partial charge < -0.3 is 15.8 Å². The van der Waals surface area contributed by atoms with Gasteiger partial charge in [0.2, 0.25) is 5.91 Å². The zero-order valence-electron chi connectivity index (χ0n) is 12.2. The molecular formula is C14H30N2O2. The van der Waals surface area contributed by atoms with Crippen molar-refractivity contribution >= 4 is 5.91 Å². The van der Waals surface area contributed by atoms with Crippen molar-refractivity contribution in [3.05, 3.63) is 0 Å². The maximum absolute atomic E-state index is 11.7. The van der Waals surface area contributed by atoms with Gasteiger partial charge in [-0.15, -0.1) is 0 Å². The zero-order chi connectivity index (χ0) is 13.8. The van der Waals surface area contributed by atoms with E-state index in [1.807, 2.05) is 0 Å². The van der Waals surface area contributed by atoms with Crippen molar-refractivity contribution in [2.45, 2.75) is 46.0 Å². The van der Waals surface area contributed by atoms with Gasteiger partial charge in [0.1, 0.15) is 0 Å². The van der Waals surface area contributed by atoms with Crippen molar-refractivity contribution in [2.24, 2.45) is 17.6 Å². The van der Waals surface area contributed by atoms with Gasteiger partial charge in [-0.05, 0) is 44.1 Å². The average Bonchev–Trinajstić information content (AvgIpc) is 2.32. The Bertz CT molecular complexity index is 208. The summed E-state index contributed by atoms with van der Waals surface area (Å²) in [5, 5.41) is 2.96. The highest BCUT2D eigenvalue weighted by Crippen LogP contribution is 2.13. The Balaban J connectivity index is 3.56. The van der Waals surface area contributed by atoms with Crippen LogP contribution in [0.2, 0.25) is 0 Å². The van der Waals surface area contributed by atoms with E-state index in [9.17, 15) is 4.79 Å². The van der Waals surface area contributed by atoms with Gasteiger partial charge in [0, 0.05) is 26.7 Å². The standard InChI is InChI=1S/C14H30N2O2/c1-12(2)9-13(11-15)10-14(17)16-7-5-4-6-8-18-3/h12-13H,4-11,15H2,1-3H3,(H,16,17). The summed E-state index contributed by atoms with van der Waals surface area (Å²) in [5.41, 5.74) is 5.69. The van der Waals surface area contributed by atoms with E-state index >= 15 is 0 Å². The Hall–Kier alpha value is -0.610. The van der Waals surface area contributed by atoms with Crippen LogP contribution in [-0.2, 0) is 9.53 Å². The lowest BCUT2D eigenvalue weighted by atomic mass is 9.94. The predicted octanol–water partition coefficient (Wildman–Crippen LogP) is 1.93. The molecule has 0 radical (unpaired) electrons. The number of rotatable bonds is 11. The number of amides is 1. The molecular weight excluding hydrogens is 228 g/mol. The minimum Gasteiger partial charge on any atom is -0.385 e. The fraction of sp³-hybridized carbons (Fsp3) is 0.929. The van der Waals surface area contributed by atoms with E-state index in [4.69, 9.17) is 10.5 Å². The molecule has 0 spiro atoms. The zero-order valence-corrected chi connectivity index (χ0v) is 12.2. The number of carbonyl (C=O) groups is 1. The SMILES string of the molecule is COCCCCCNC(=O)CC(CN)CC(C)C. The van der Waals surface area contributed by atoms with Gasteiger partial charge in [-0.25, -0.2) is 0 Å². The quantitative estimate of drug-likeness (QED) is 0.557. The number of nitrogens with one attached hydrogen (secondary N) is 1. The third-order valence-electron chi connectivity index (χ3n) is 2.96. The number of hydrogen-bond donors (Lipinski definition) is 2. The van der Waals surface area contributed by atoms with E-state index in [-0.39, 0.29) is 5.91 Å². The molecule has 0 aromatic heterocycles. The van der Waals surface area contributed by atoms with Gasteiger partial charge in [0.15, 0.2) is 0 Å². The number of unbranched alkanes of at least 4 members (excludes halogenated alkanes) is 2. The first-order valence-electron chi connectivity index (χ1n) is 7.05. The first-order valence-corrected chi connectivity index (χ1v) is 7.05. The molecule has 4 heteroatoms. The molecule has 1 amide bonds. The number of nitrogens with two attached hydrogens (primary N) is 1. The van der Waals surface area contributed by atoms with Crippen LogP contribution in [0.3, 0.4) is 0 Å². The molecule has 1 atom stereocenters. The summed E-state index contributed by atoms with van der Waals surface area (Å²) in [7, 11) is 1.71. The van der Waals surface area contributed by atoms with Crippen molar-refractivity contribution in [3.63, 3.8) is 0 Å². The molecule has 0 aromatic carbocycles. The van der Waals surface area contributed by atoms with Gasteiger partial charge in [-0.3, -0.25) is 4.79 Å². The summed E-state index contributed by atoms with van der Waals surface area (Å²) in [6.45, 7) is 6.49. The molecule has 0 aliphatic rings. The molecule has 1 unspecified atom stereocenters. The summed E-state index contributed by atoms with van der Waals surface area (Å²) < 4.78 is 4.97. The second-order valence-corrected chi connectivity index (χ2v) is 5.34. The Morgan fingerprint density at radius 2 is 2.00 bits per heavy atom. The molecule has 0 aromatic rings. The number of hydrogen-bond acceptors (Lipinski definition) is 3. The van der Waals surface area contributed by atoms with Crippen LogP contribution in [-0.4, -0.2) is 32.7 Å². The molecule has 0 fully saturated rings. The summed E-state index contributed by atoms with van der Waals surface area (Å²) in [6.07, 6.45) is 4.77. The minimum absolute atomic E-state index is 0.137. The third-order valence-corrected chi connectivity index (χ3v) is 2.96. The fourth-order valence-corrected chi connectivity index (χ4v) is 2.04. The van der Waals surface area contributed by atoms with Crippen molar-refractivity contribution in [1.29, 1.82) is 0 Å². The van der Waals surface area contributed by atoms with Crippen LogP contribution in [0.1, 0.15) is 46.0 Å². The lowest BCUT2D eigenvalue weighted by Crippen LogP contribution is -2.29. The first-order chi connectivity index (χ1) is 8.60. The largest absolute Gasteiger partial charge is 0.385 e. The van der Waals surface area contributed by atoms with E-state index in [0.717, 1.165) is 38.8 Å². The summed E-state index contributed by atoms with van der Waals surface area (Å²) in [5.74, 6) is 1.05. The van der Waals surface area contributed by atoms with Crippen LogP contribution in [0.15, 0.2) is 0 Å². The normalized spacial score (nSPS) is 12.7. The van der Waals surface area contributed by atoms with Gasteiger partial charge in [0.05, 0.1) is 0 Å². The summed E-state index contributed by atoms with van der Waals surface area (Å²) in [4.78, 5) is 11.7. The molecule has 108 valence electrons. The Morgan fingerprint density at radius 3 is 2.56 bits per heavy atom. The lowest BCUT2D eigenvalue weighted by Gasteiger charge is -2.16. The lowest BCUT2D eigenvalue weighted by molar-refractivity contribution is -0.122. The van der Waals surface area contributed by atoms with E-state index < -0.39 is 0 Å². The second kappa shape index (κ2) is 11.5. The molecule has 0 bridgehead atoms. The van der Waals surface area contributed by atoms with Crippen LogP contribution < -0.4 is 11.1 Å². The van der Waals surface area contributed by atoms with Crippen molar-refractivity contribution in [1.82, 2.24) is 5.32 Å². The van der Waals surface area contributed by atoms with E-state index in [1.165, 1.54) is 0 Å². The highest BCUT2D eigenvalue weighted by atomic mass is 16.5. The second-order valence-electron chi connectivity index (χ2n) is 5.34. The Kier molecular flexibility index (Phi) is 11.1. The molecule has 0 aliphatic heterocycles. The maximum atomic E-state index is 11.7. The van der Waals surface area contributed by atoms with Gasteiger partial charge in [-0.2, -0.15) is 0 Å². The van der Waals surface area contributed by atoms with E-state index in [2.05, 4.69) is 19.2 Å². The highest BCUT2D eigenvalue weighted by molar-refractivity contribution is 5.76. The van der Waals surface area contributed by atoms with E-state index in [0.29, 0.717) is 24.8 Å². The molecule has 3 N–H and O–H groups in total. The van der Waals surface area contributed by atoms with Crippen LogP contribution >= 0.6 is 0 Å². The molecule has 0 saturated carbocycles. The van der Waals surface area contributed by atoms with Crippen LogP contribution in [0, 0.1) is 11.8 Å². The molecule has 18 heavy (non-hydrogen) atoms. The average molecular weight is 258 g/mol. The molecule has 0 rings (SSSR count). The highest BCUT2D eigenvalue weighted by Gasteiger charge is 2.13. The fourth-order valence-electron chi connectivity index (χ4n) is 2.04. The van der Waals surface area contributed by atoms with Crippen LogP contribution in [0.5, 0.6) is 0 Å². The molecule has 0 aliphatic carbocycles.